The molecule has 0 radical (unpaired) electrons. The predicted molar refractivity (Wildman–Crippen MR) is 28.5 cm³/mol. The van der Waals surface area contributed by atoms with E-state index < -0.39 is 0 Å². The molecule has 1 heterocycles. The van der Waals surface area contributed by atoms with Crippen molar-refractivity contribution in [2.75, 3.05) is 0 Å². The van der Waals surface area contributed by atoms with Crippen molar-refractivity contribution in [2.45, 2.75) is 0 Å². The van der Waals surface area contributed by atoms with Gasteiger partial charge in [0.05, 0.1) is 0 Å². The van der Waals surface area contributed by atoms with Crippen LogP contribution < -0.4 is 4.98 Å². The van der Waals surface area contributed by atoms with Gasteiger partial charge in [-0.2, -0.15) is 0 Å². The van der Waals surface area contributed by atoms with Crippen LogP contribution in [0.15, 0.2) is 23.2 Å². The van der Waals surface area contributed by atoms with Crippen molar-refractivity contribution in [3.8, 4) is 0 Å². The van der Waals surface area contributed by atoms with Crippen LogP contribution in [-0.2, 0) is 0 Å². The summed E-state index contributed by atoms with van der Waals surface area (Å²) < 4.78 is 0.968. The second-order valence-corrected chi connectivity index (χ2v) is 2.02. The van der Waals surface area contributed by atoms with E-state index in [0.29, 0.717) is 0 Å². The third kappa shape index (κ3) is 1.23. The van der Waals surface area contributed by atoms with Gasteiger partial charge in [-0.1, -0.05) is 4.98 Å². The molecule has 0 aliphatic rings. The number of H-pyrrole nitrogens is 1. The van der Waals surface area contributed by atoms with Crippen molar-refractivity contribution >= 4 is 15.9 Å². The number of hydrogen-bond donors (Lipinski definition) is 0. The first-order valence-corrected chi connectivity index (χ1v) is 2.65. The van der Waals surface area contributed by atoms with Gasteiger partial charge in [-0.25, -0.2) is 4.98 Å². The maximum absolute atomic E-state index is 3.78. The SMILES string of the molecule is Brc1cnc[nH+]c1. The summed E-state index contributed by atoms with van der Waals surface area (Å²) in [4.78, 5) is 6.58. The van der Waals surface area contributed by atoms with E-state index in [9.17, 15) is 0 Å². The highest BCUT2D eigenvalue weighted by molar-refractivity contribution is 9.10. The maximum Gasteiger partial charge on any atom is 0.283 e. The first-order chi connectivity index (χ1) is 3.39. The zero-order valence-electron chi connectivity index (χ0n) is 3.56. The Labute approximate surface area is 49.7 Å². The minimum atomic E-state index is 0.968. The van der Waals surface area contributed by atoms with Gasteiger partial charge in [-0.3, -0.25) is 0 Å². The highest BCUT2D eigenvalue weighted by Crippen LogP contribution is 1.98. The van der Waals surface area contributed by atoms with Gasteiger partial charge in [0.1, 0.15) is 10.7 Å². The van der Waals surface area contributed by atoms with Gasteiger partial charge < -0.3 is 0 Å². The van der Waals surface area contributed by atoms with Crippen LogP contribution in [0, 0.1) is 0 Å². The molecule has 0 aliphatic carbocycles. The van der Waals surface area contributed by atoms with Crippen LogP contribution >= 0.6 is 15.9 Å². The summed E-state index contributed by atoms with van der Waals surface area (Å²) in [5.41, 5.74) is 0. The lowest BCUT2D eigenvalue weighted by Crippen LogP contribution is -1.98. The van der Waals surface area contributed by atoms with E-state index in [4.69, 9.17) is 0 Å². The van der Waals surface area contributed by atoms with Crippen LogP contribution in [0.3, 0.4) is 0 Å². The summed E-state index contributed by atoms with van der Waals surface area (Å²) in [5.74, 6) is 0. The zero-order chi connectivity index (χ0) is 5.11. The molecule has 0 bridgehead atoms. The number of halogens is 1. The van der Waals surface area contributed by atoms with E-state index in [1.807, 2.05) is 6.20 Å². The van der Waals surface area contributed by atoms with Crippen molar-refractivity contribution in [3.05, 3.63) is 23.2 Å². The minimum Gasteiger partial charge on any atom is -0.249 e. The first kappa shape index (κ1) is 4.71. The Morgan fingerprint density at radius 3 is 2.86 bits per heavy atom. The average Bonchev–Trinajstić information content (AvgIpc) is 1.69. The second-order valence-electron chi connectivity index (χ2n) is 1.10. The zero-order valence-corrected chi connectivity index (χ0v) is 5.14. The highest BCUT2D eigenvalue weighted by atomic mass is 79.9. The second kappa shape index (κ2) is 2.02. The maximum atomic E-state index is 3.78. The minimum absolute atomic E-state index is 0.968. The van der Waals surface area contributed by atoms with Gasteiger partial charge in [-0.15, -0.1) is 0 Å². The van der Waals surface area contributed by atoms with Crippen molar-refractivity contribution in [1.82, 2.24) is 4.98 Å². The summed E-state index contributed by atoms with van der Waals surface area (Å²) in [7, 11) is 0. The van der Waals surface area contributed by atoms with Crippen LogP contribution in [0.25, 0.3) is 0 Å². The fourth-order valence-electron chi connectivity index (χ4n) is 0.306. The lowest BCUT2D eigenvalue weighted by Gasteiger charge is -1.71. The van der Waals surface area contributed by atoms with Gasteiger partial charge >= 0.3 is 0 Å². The van der Waals surface area contributed by atoms with Crippen LogP contribution in [-0.4, -0.2) is 4.98 Å². The number of aromatic nitrogens is 2. The molecular weight excluding hydrogens is 156 g/mol. The molecule has 1 aromatic rings. The molecule has 0 saturated heterocycles. The van der Waals surface area contributed by atoms with Crippen molar-refractivity contribution < 1.29 is 4.98 Å². The van der Waals surface area contributed by atoms with E-state index in [1.54, 1.807) is 12.5 Å². The summed E-state index contributed by atoms with van der Waals surface area (Å²) in [6.07, 6.45) is 5.15. The standard InChI is InChI=1S/C4H3BrN2/c5-4-1-6-3-7-2-4/h1-3H/p+1. The third-order valence-corrected chi connectivity index (χ3v) is 1.00. The van der Waals surface area contributed by atoms with Gasteiger partial charge in [0.2, 0.25) is 0 Å². The quantitative estimate of drug-likeness (QED) is 0.547. The lowest BCUT2D eigenvalue weighted by molar-refractivity contribution is -0.383. The summed E-state index contributed by atoms with van der Waals surface area (Å²) in [5, 5.41) is 0. The first-order valence-electron chi connectivity index (χ1n) is 1.86. The number of hydrogen-bond acceptors (Lipinski definition) is 1. The van der Waals surface area contributed by atoms with Gasteiger partial charge in [-0.05, 0) is 15.9 Å². The molecule has 3 heteroatoms. The van der Waals surface area contributed by atoms with Crippen LogP contribution in [0.1, 0.15) is 0 Å². The number of rotatable bonds is 0. The molecule has 0 fully saturated rings. The Hall–Kier alpha value is -0.440. The lowest BCUT2D eigenvalue weighted by atomic mass is 10.7. The Morgan fingerprint density at radius 2 is 2.57 bits per heavy atom. The molecule has 36 valence electrons. The monoisotopic (exact) mass is 159 g/mol. The van der Waals surface area contributed by atoms with E-state index >= 15 is 0 Å². The molecule has 0 amide bonds. The smallest absolute Gasteiger partial charge is 0.249 e. The van der Waals surface area contributed by atoms with Gasteiger partial charge in [0.15, 0.2) is 6.20 Å². The Bertz CT molecular complexity index is 140. The molecule has 1 rings (SSSR count). The summed E-state index contributed by atoms with van der Waals surface area (Å²) >= 11 is 3.22. The average molecular weight is 160 g/mol. The molecule has 0 atom stereocenters. The van der Waals surface area contributed by atoms with E-state index in [0.717, 1.165) is 4.47 Å². The molecule has 1 aromatic heterocycles. The number of aromatic amines is 1. The van der Waals surface area contributed by atoms with Gasteiger partial charge in [0.25, 0.3) is 6.33 Å². The number of nitrogens with zero attached hydrogens (tertiary/aromatic N) is 1. The summed E-state index contributed by atoms with van der Waals surface area (Å²) in [6, 6.07) is 0. The topological polar surface area (TPSA) is 27.0 Å². The molecule has 0 aromatic carbocycles. The normalized spacial score (nSPS) is 8.71. The largest absolute Gasteiger partial charge is 0.283 e. The van der Waals surface area contributed by atoms with E-state index in [1.165, 1.54) is 0 Å². The molecule has 1 N–H and O–H groups in total. The molecule has 0 aliphatic heterocycles. The number of nitrogens with one attached hydrogen (secondary N) is 1. The highest BCUT2D eigenvalue weighted by Gasteiger charge is 1.84. The molecule has 2 nitrogen and oxygen atoms in total. The van der Waals surface area contributed by atoms with Crippen LogP contribution in [0.5, 0.6) is 0 Å². The van der Waals surface area contributed by atoms with Crippen molar-refractivity contribution in [2.24, 2.45) is 0 Å². The van der Waals surface area contributed by atoms with Gasteiger partial charge in [0, 0.05) is 0 Å². The third-order valence-electron chi connectivity index (χ3n) is 0.568. The van der Waals surface area contributed by atoms with Crippen LogP contribution in [0.4, 0.5) is 0 Å². The molecule has 7 heavy (non-hydrogen) atoms. The Kier molecular flexibility index (Phi) is 1.36. The van der Waals surface area contributed by atoms with Crippen molar-refractivity contribution in [3.63, 3.8) is 0 Å². The molecule has 0 unspecified atom stereocenters. The fraction of sp³-hybridized carbons (Fsp3) is 0. The molecule has 0 spiro atoms. The fourth-order valence-corrected chi connectivity index (χ4v) is 0.556. The van der Waals surface area contributed by atoms with Crippen LogP contribution in [0.2, 0.25) is 0 Å². The Morgan fingerprint density at radius 1 is 1.71 bits per heavy atom. The predicted octanol–water partition coefficient (Wildman–Crippen LogP) is 0.658. The Balaban J connectivity index is 3.02. The van der Waals surface area contributed by atoms with E-state index in [2.05, 4.69) is 25.9 Å². The van der Waals surface area contributed by atoms with Crippen molar-refractivity contribution in [1.29, 1.82) is 0 Å². The van der Waals surface area contributed by atoms with E-state index in [-0.39, 0.29) is 0 Å². The molecular formula is C4H4BrN2+. The summed E-state index contributed by atoms with van der Waals surface area (Å²) in [6.45, 7) is 0. The molecule has 0 saturated carbocycles.